The van der Waals surface area contributed by atoms with Gasteiger partial charge in [0, 0.05) is 31.3 Å². The molecule has 1 aliphatic carbocycles. The van der Waals surface area contributed by atoms with Crippen molar-refractivity contribution in [1.29, 1.82) is 0 Å². The molecule has 0 aromatic carbocycles. The van der Waals surface area contributed by atoms with Crippen LogP contribution in [-0.2, 0) is 4.74 Å². The molecule has 2 fully saturated rings. The van der Waals surface area contributed by atoms with Crippen molar-refractivity contribution in [3.8, 4) is 0 Å². The summed E-state index contributed by atoms with van der Waals surface area (Å²) in [5.74, 6) is 0.782. The monoisotopic (exact) mass is 254 g/mol. The smallest absolute Gasteiger partial charge is 0.0480 e. The van der Waals surface area contributed by atoms with E-state index in [0.717, 1.165) is 25.7 Å². The zero-order valence-corrected chi connectivity index (χ0v) is 12.2. The normalized spacial score (nSPS) is 35.0. The largest absolute Gasteiger partial charge is 0.381 e. The second-order valence-corrected chi connectivity index (χ2v) is 6.11. The highest BCUT2D eigenvalue weighted by Crippen LogP contribution is 2.41. The van der Waals surface area contributed by atoms with Gasteiger partial charge in [0.05, 0.1) is 0 Å². The topological polar surface area (TPSA) is 38.5 Å². The lowest BCUT2D eigenvalue weighted by atomic mass is 9.69. The van der Waals surface area contributed by atoms with Crippen LogP contribution in [-0.4, -0.2) is 43.3 Å². The van der Waals surface area contributed by atoms with Crippen LogP contribution in [0.5, 0.6) is 0 Å². The molecule has 0 spiro atoms. The first kappa shape index (κ1) is 14.3. The number of hydrogen-bond donors (Lipinski definition) is 1. The molecule has 2 unspecified atom stereocenters. The predicted molar refractivity (Wildman–Crippen MR) is 75.6 cm³/mol. The summed E-state index contributed by atoms with van der Waals surface area (Å²) in [6.45, 7) is 5.00. The quantitative estimate of drug-likeness (QED) is 0.837. The number of nitrogens with zero attached hydrogens (tertiary/aromatic N) is 1. The Labute approximate surface area is 112 Å². The molecule has 2 aliphatic rings. The number of rotatable bonds is 4. The van der Waals surface area contributed by atoms with Crippen LogP contribution in [0.1, 0.15) is 51.9 Å². The molecule has 1 saturated carbocycles. The Hall–Kier alpha value is -0.120. The van der Waals surface area contributed by atoms with E-state index in [-0.39, 0.29) is 5.54 Å². The maximum atomic E-state index is 6.24. The van der Waals surface area contributed by atoms with Gasteiger partial charge in [-0.15, -0.1) is 0 Å². The molecule has 3 nitrogen and oxygen atoms in total. The van der Waals surface area contributed by atoms with Gasteiger partial charge in [-0.05, 0) is 38.6 Å². The highest BCUT2D eigenvalue weighted by atomic mass is 16.5. The Bertz CT molecular complexity index is 253. The number of nitrogens with two attached hydrogens (primary N) is 1. The lowest BCUT2D eigenvalue weighted by Crippen LogP contribution is -2.62. The maximum Gasteiger partial charge on any atom is 0.0480 e. The summed E-state index contributed by atoms with van der Waals surface area (Å²) in [6.07, 6.45) is 9.01. The average Bonchev–Trinajstić information content (AvgIpc) is 2.47. The van der Waals surface area contributed by atoms with Crippen molar-refractivity contribution < 1.29 is 4.74 Å². The van der Waals surface area contributed by atoms with Crippen molar-refractivity contribution in [3.63, 3.8) is 0 Å². The summed E-state index contributed by atoms with van der Waals surface area (Å²) in [5.41, 5.74) is 6.50. The van der Waals surface area contributed by atoms with Gasteiger partial charge in [-0.1, -0.05) is 26.2 Å². The van der Waals surface area contributed by atoms with Crippen molar-refractivity contribution in [3.05, 3.63) is 0 Å². The molecule has 0 aromatic rings. The van der Waals surface area contributed by atoms with Crippen molar-refractivity contribution in [2.24, 2.45) is 11.7 Å². The molecule has 2 N–H and O–H groups in total. The summed E-state index contributed by atoms with van der Waals surface area (Å²) >= 11 is 0. The molecule has 2 atom stereocenters. The van der Waals surface area contributed by atoms with Gasteiger partial charge in [0.1, 0.15) is 0 Å². The molecule has 106 valence electrons. The molecule has 0 bridgehead atoms. The summed E-state index contributed by atoms with van der Waals surface area (Å²) in [7, 11) is 2.32. The van der Waals surface area contributed by atoms with Gasteiger partial charge in [0.15, 0.2) is 0 Å². The zero-order chi connectivity index (χ0) is 13.0. The fraction of sp³-hybridized carbons (Fsp3) is 1.00. The first-order valence-electron chi connectivity index (χ1n) is 7.75. The third-order valence-electron chi connectivity index (χ3n) is 5.46. The summed E-state index contributed by atoms with van der Waals surface area (Å²) in [6, 6.07) is 0.675. The van der Waals surface area contributed by atoms with E-state index in [4.69, 9.17) is 10.5 Å². The minimum Gasteiger partial charge on any atom is -0.381 e. The Morgan fingerprint density at radius 3 is 2.56 bits per heavy atom. The number of ether oxygens (including phenoxy) is 1. The van der Waals surface area contributed by atoms with Crippen LogP contribution in [0.25, 0.3) is 0 Å². The van der Waals surface area contributed by atoms with Crippen LogP contribution in [0.15, 0.2) is 0 Å². The Balaban J connectivity index is 2.12. The van der Waals surface area contributed by atoms with E-state index >= 15 is 0 Å². The van der Waals surface area contributed by atoms with E-state index < -0.39 is 0 Å². The van der Waals surface area contributed by atoms with Gasteiger partial charge < -0.3 is 10.5 Å². The van der Waals surface area contributed by atoms with Crippen LogP contribution in [0, 0.1) is 5.92 Å². The van der Waals surface area contributed by atoms with Gasteiger partial charge in [-0.2, -0.15) is 0 Å². The summed E-state index contributed by atoms with van der Waals surface area (Å²) in [4.78, 5) is 2.64. The third kappa shape index (κ3) is 2.59. The summed E-state index contributed by atoms with van der Waals surface area (Å²) < 4.78 is 5.50. The molecule has 1 aliphatic heterocycles. The van der Waals surface area contributed by atoms with Crippen molar-refractivity contribution >= 4 is 0 Å². The first-order valence-corrected chi connectivity index (χ1v) is 7.75. The minimum atomic E-state index is 0.259. The number of hydrogen-bond acceptors (Lipinski definition) is 3. The van der Waals surface area contributed by atoms with Crippen LogP contribution in [0.3, 0.4) is 0 Å². The van der Waals surface area contributed by atoms with Gasteiger partial charge in [0.2, 0.25) is 0 Å². The van der Waals surface area contributed by atoms with Crippen LogP contribution >= 0.6 is 0 Å². The van der Waals surface area contributed by atoms with E-state index in [1.807, 2.05) is 0 Å². The molecule has 0 amide bonds. The van der Waals surface area contributed by atoms with Crippen molar-refractivity contribution in [1.82, 2.24) is 4.90 Å². The van der Waals surface area contributed by atoms with Crippen LogP contribution < -0.4 is 5.73 Å². The molecule has 3 heteroatoms. The van der Waals surface area contributed by atoms with E-state index in [2.05, 4.69) is 18.9 Å². The van der Waals surface area contributed by atoms with E-state index in [9.17, 15) is 0 Å². The van der Waals surface area contributed by atoms with Crippen LogP contribution in [0.2, 0.25) is 0 Å². The molecule has 2 rings (SSSR count). The molecule has 0 aromatic heterocycles. The highest BCUT2D eigenvalue weighted by molar-refractivity contribution is 5.00. The van der Waals surface area contributed by atoms with Crippen LogP contribution in [0.4, 0.5) is 0 Å². The lowest BCUT2D eigenvalue weighted by molar-refractivity contribution is -0.0435. The molecular formula is C15H30N2O. The van der Waals surface area contributed by atoms with Crippen molar-refractivity contribution in [2.45, 2.75) is 63.5 Å². The van der Waals surface area contributed by atoms with E-state index in [1.165, 1.54) is 44.9 Å². The summed E-state index contributed by atoms with van der Waals surface area (Å²) in [5, 5.41) is 0. The Morgan fingerprint density at radius 2 is 1.94 bits per heavy atom. The highest BCUT2D eigenvalue weighted by Gasteiger charge is 2.44. The van der Waals surface area contributed by atoms with Gasteiger partial charge in [0.25, 0.3) is 0 Å². The first-order chi connectivity index (χ1) is 8.74. The van der Waals surface area contributed by atoms with Gasteiger partial charge in [-0.3, -0.25) is 4.90 Å². The Kier molecular flexibility index (Phi) is 5.05. The lowest BCUT2D eigenvalue weighted by Gasteiger charge is -2.53. The fourth-order valence-corrected chi connectivity index (χ4v) is 4.19. The Morgan fingerprint density at radius 1 is 1.22 bits per heavy atom. The standard InChI is InChI=1S/C15H30N2O/c1-3-13-6-4-5-9-15(13,12-16)17(2)14-7-10-18-11-8-14/h13-14H,3-12,16H2,1-2H3. The van der Waals surface area contributed by atoms with Gasteiger partial charge >= 0.3 is 0 Å². The van der Waals surface area contributed by atoms with Gasteiger partial charge in [-0.25, -0.2) is 0 Å². The molecule has 0 radical (unpaired) electrons. The minimum absolute atomic E-state index is 0.259. The zero-order valence-electron chi connectivity index (χ0n) is 12.2. The van der Waals surface area contributed by atoms with E-state index in [1.54, 1.807) is 0 Å². The maximum absolute atomic E-state index is 6.24. The predicted octanol–water partition coefficient (Wildman–Crippen LogP) is 2.39. The SMILES string of the molecule is CCC1CCCCC1(CN)N(C)C1CCOCC1. The third-order valence-corrected chi connectivity index (χ3v) is 5.46. The molecule has 18 heavy (non-hydrogen) atoms. The van der Waals surface area contributed by atoms with E-state index in [0.29, 0.717) is 6.04 Å². The number of likely N-dealkylation sites (N-methyl/N-ethyl adjacent to an activating group) is 1. The molecule has 1 saturated heterocycles. The van der Waals surface area contributed by atoms with Crippen molar-refractivity contribution in [2.75, 3.05) is 26.8 Å². The average molecular weight is 254 g/mol. The molecule has 1 heterocycles. The fourth-order valence-electron chi connectivity index (χ4n) is 4.19. The second-order valence-electron chi connectivity index (χ2n) is 6.11. The second kappa shape index (κ2) is 6.36. The molecular weight excluding hydrogens is 224 g/mol.